The van der Waals surface area contributed by atoms with Gasteiger partial charge >= 0.3 is 5.97 Å². The predicted molar refractivity (Wildman–Crippen MR) is 73.6 cm³/mol. The van der Waals surface area contributed by atoms with Gasteiger partial charge in [0.25, 0.3) is 0 Å². The van der Waals surface area contributed by atoms with Crippen molar-refractivity contribution in [2.24, 2.45) is 0 Å². The van der Waals surface area contributed by atoms with Gasteiger partial charge in [-0.2, -0.15) is 5.26 Å². The number of anilines is 1. The lowest BCUT2D eigenvalue weighted by Crippen LogP contribution is -2.10. The Labute approximate surface area is 120 Å². The first-order valence-electron chi connectivity index (χ1n) is 6.09. The van der Waals surface area contributed by atoms with Crippen molar-refractivity contribution in [1.82, 2.24) is 4.98 Å². The zero-order valence-corrected chi connectivity index (χ0v) is 11.3. The highest BCUT2D eigenvalue weighted by Gasteiger charge is 2.14. The third kappa shape index (κ3) is 3.15. The number of aromatic nitrogens is 1. The van der Waals surface area contributed by atoms with Crippen LogP contribution in [0.15, 0.2) is 30.5 Å². The molecular formula is C15H12FN3O2. The van der Waals surface area contributed by atoms with E-state index in [1.807, 2.05) is 0 Å². The number of benzene rings is 1. The fourth-order valence-corrected chi connectivity index (χ4v) is 1.75. The highest BCUT2D eigenvalue weighted by atomic mass is 19.1. The molecule has 106 valence electrons. The lowest BCUT2D eigenvalue weighted by atomic mass is 10.1. The van der Waals surface area contributed by atoms with Crippen LogP contribution in [0.3, 0.4) is 0 Å². The third-order valence-electron chi connectivity index (χ3n) is 2.89. The summed E-state index contributed by atoms with van der Waals surface area (Å²) in [5.74, 6) is -1.33. The summed E-state index contributed by atoms with van der Waals surface area (Å²) < 4.78 is 18.9. The van der Waals surface area contributed by atoms with E-state index in [4.69, 9.17) is 15.7 Å². The molecule has 0 saturated carbocycles. The molecule has 0 amide bonds. The number of nitriles is 1. The number of nitrogen functional groups attached to an aromatic ring is 1. The van der Waals surface area contributed by atoms with Gasteiger partial charge in [-0.15, -0.1) is 0 Å². The summed E-state index contributed by atoms with van der Waals surface area (Å²) in [7, 11) is 0. The molecule has 0 aliphatic carbocycles. The number of hydrogen-bond acceptors (Lipinski definition) is 5. The van der Waals surface area contributed by atoms with Crippen LogP contribution in [0, 0.1) is 24.1 Å². The Hall–Kier alpha value is -2.94. The summed E-state index contributed by atoms with van der Waals surface area (Å²) in [6.45, 7) is 1.38. The van der Waals surface area contributed by atoms with Gasteiger partial charge in [-0.25, -0.2) is 9.18 Å². The molecule has 0 bridgehead atoms. The van der Waals surface area contributed by atoms with Gasteiger partial charge in [0.2, 0.25) is 0 Å². The van der Waals surface area contributed by atoms with Crippen LogP contribution in [0.1, 0.15) is 27.2 Å². The van der Waals surface area contributed by atoms with Gasteiger partial charge in [-0.1, -0.05) is 12.1 Å². The number of nitrogens with zero attached hydrogens (tertiary/aromatic N) is 2. The molecule has 0 atom stereocenters. The van der Waals surface area contributed by atoms with E-state index in [1.165, 1.54) is 30.5 Å². The Bertz CT molecular complexity index is 738. The lowest BCUT2D eigenvalue weighted by Gasteiger charge is -2.08. The summed E-state index contributed by atoms with van der Waals surface area (Å²) in [6, 6.07) is 7.51. The minimum absolute atomic E-state index is 0.0923. The fourth-order valence-electron chi connectivity index (χ4n) is 1.75. The van der Waals surface area contributed by atoms with Crippen LogP contribution >= 0.6 is 0 Å². The second kappa shape index (κ2) is 6.01. The van der Waals surface area contributed by atoms with Crippen molar-refractivity contribution in [1.29, 1.82) is 5.26 Å². The Kier molecular flexibility index (Phi) is 4.14. The third-order valence-corrected chi connectivity index (χ3v) is 2.89. The largest absolute Gasteiger partial charge is 0.457 e. The van der Waals surface area contributed by atoms with Crippen molar-refractivity contribution in [2.75, 3.05) is 5.73 Å². The average Bonchev–Trinajstić information content (AvgIpc) is 2.48. The van der Waals surface area contributed by atoms with Crippen LogP contribution in [0.4, 0.5) is 10.1 Å². The maximum Gasteiger partial charge on any atom is 0.340 e. The van der Waals surface area contributed by atoms with E-state index < -0.39 is 11.8 Å². The van der Waals surface area contributed by atoms with Crippen molar-refractivity contribution in [3.05, 3.63) is 58.7 Å². The van der Waals surface area contributed by atoms with Crippen LogP contribution in [0.2, 0.25) is 0 Å². The zero-order valence-electron chi connectivity index (χ0n) is 11.3. The number of carbonyl (C=O) groups is 1. The van der Waals surface area contributed by atoms with Crippen molar-refractivity contribution < 1.29 is 13.9 Å². The van der Waals surface area contributed by atoms with Crippen LogP contribution in [0.25, 0.3) is 0 Å². The minimum atomic E-state index is -0.685. The normalized spacial score (nSPS) is 9.95. The molecule has 1 aromatic carbocycles. The number of ether oxygens (including phenoxy) is 1. The standard InChI is InChI=1S/C15H12FN3O2/c1-9-13(5-12(18)7-19-9)15(20)21-8-11-4-2-3-10(6-17)14(11)16/h2-5,7H,8,18H2,1H3. The first-order chi connectivity index (χ1) is 10.0. The number of aryl methyl sites for hydroxylation is 1. The van der Waals surface area contributed by atoms with E-state index in [-0.39, 0.29) is 23.3 Å². The molecule has 0 spiro atoms. The second-order valence-corrected chi connectivity index (χ2v) is 4.37. The van der Waals surface area contributed by atoms with Crippen LogP contribution in [-0.4, -0.2) is 11.0 Å². The molecule has 21 heavy (non-hydrogen) atoms. The first-order valence-corrected chi connectivity index (χ1v) is 6.09. The number of esters is 1. The smallest absolute Gasteiger partial charge is 0.340 e. The van der Waals surface area contributed by atoms with Crippen molar-refractivity contribution in [2.45, 2.75) is 13.5 Å². The second-order valence-electron chi connectivity index (χ2n) is 4.37. The topological polar surface area (TPSA) is 89.0 Å². The van der Waals surface area contributed by atoms with Crippen LogP contribution in [0.5, 0.6) is 0 Å². The van der Waals surface area contributed by atoms with Gasteiger partial charge in [0.15, 0.2) is 0 Å². The van der Waals surface area contributed by atoms with E-state index in [0.717, 1.165) is 0 Å². The fraction of sp³-hybridized carbons (Fsp3) is 0.133. The molecule has 6 heteroatoms. The molecule has 0 saturated heterocycles. The Morgan fingerprint density at radius 3 is 3.00 bits per heavy atom. The van der Waals surface area contributed by atoms with Gasteiger partial charge in [0.1, 0.15) is 18.5 Å². The molecule has 0 unspecified atom stereocenters. The predicted octanol–water partition coefficient (Wildman–Crippen LogP) is 2.34. The molecule has 0 fully saturated rings. The summed E-state index contributed by atoms with van der Waals surface area (Å²) in [5, 5.41) is 8.75. The van der Waals surface area contributed by atoms with Gasteiger partial charge < -0.3 is 10.5 Å². The maximum atomic E-state index is 13.8. The summed E-state index contributed by atoms with van der Waals surface area (Å²) in [4.78, 5) is 15.9. The molecule has 1 aromatic heterocycles. The van der Waals surface area contributed by atoms with E-state index in [0.29, 0.717) is 11.4 Å². The number of carbonyl (C=O) groups excluding carboxylic acids is 1. The minimum Gasteiger partial charge on any atom is -0.457 e. The average molecular weight is 285 g/mol. The van der Waals surface area contributed by atoms with E-state index >= 15 is 0 Å². The lowest BCUT2D eigenvalue weighted by molar-refractivity contribution is 0.0467. The van der Waals surface area contributed by atoms with Gasteiger partial charge in [0.05, 0.1) is 28.7 Å². The number of halogens is 1. The van der Waals surface area contributed by atoms with E-state index in [9.17, 15) is 9.18 Å². The monoisotopic (exact) mass is 285 g/mol. The highest BCUT2D eigenvalue weighted by Crippen LogP contribution is 2.15. The quantitative estimate of drug-likeness (QED) is 0.874. The number of pyridine rings is 1. The molecule has 5 nitrogen and oxygen atoms in total. The van der Waals surface area contributed by atoms with Gasteiger partial charge in [0, 0.05) is 5.56 Å². The Balaban J connectivity index is 2.15. The van der Waals surface area contributed by atoms with Crippen LogP contribution < -0.4 is 5.73 Å². The van der Waals surface area contributed by atoms with Gasteiger partial charge in [-0.05, 0) is 19.1 Å². The van der Waals surface area contributed by atoms with Crippen molar-refractivity contribution in [3.63, 3.8) is 0 Å². The highest BCUT2D eigenvalue weighted by molar-refractivity contribution is 5.91. The molecule has 1 heterocycles. The Morgan fingerprint density at radius 1 is 1.52 bits per heavy atom. The summed E-state index contributed by atoms with van der Waals surface area (Å²) >= 11 is 0. The van der Waals surface area contributed by atoms with E-state index in [2.05, 4.69) is 4.98 Å². The maximum absolute atomic E-state index is 13.8. The summed E-state index contributed by atoms with van der Waals surface area (Å²) in [6.07, 6.45) is 1.43. The van der Waals surface area contributed by atoms with E-state index in [1.54, 1.807) is 13.0 Å². The molecule has 2 N–H and O–H groups in total. The van der Waals surface area contributed by atoms with Crippen molar-refractivity contribution in [3.8, 4) is 6.07 Å². The first kappa shape index (κ1) is 14.5. The molecule has 2 rings (SSSR count). The molecule has 2 aromatic rings. The summed E-state index contributed by atoms with van der Waals surface area (Å²) in [5.41, 5.74) is 6.65. The van der Waals surface area contributed by atoms with Gasteiger partial charge in [-0.3, -0.25) is 4.98 Å². The number of nitrogens with two attached hydrogens (primary N) is 1. The number of hydrogen-bond donors (Lipinski definition) is 1. The molecule has 0 aliphatic heterocycles. The molecule has 0 radical (unpaired) electrons. The molecule has 0 aliphatic rings. The van der Waals surface area contributed by atoms with Crippen LogP contribution in [-0.2, 0) is 11.3 Å². The SMILES string of the molecule is Cc1ncc(N)cc1C(=O)OCc1cccc(C#N)c1F. The number of rotatable bonds is 3. The van der Waals surface area contributed by atoms with Crippen molar-refractivity contribution >= 4 is 11.7 Å². The molecular weight excluding hydrogens is 273 g/mol. The Morgan fingerprint density at radius 2 is 2.29 bits per heavy atom. The zero-order chi connectivity index (χ0) is 15.4.